The van der Waals surface area contributed by atoms with Crippen molar-refractivity contribution in [1.29, 1.82) is 0 Å². The third kappa shape index (κ3) is 5.91. The standard InChI is InChI=1S/C15H16NO2P.2ClH.Ti/c1-16-10-11-6-3-4-8-13(11)19-14-9-5-7-12(18-2)15(14)17;;;/h3-10,17,19H,1-2H3;2*1H;/q;;;+2/p-2. The molecule has 22 heavy (non-hydrogen) atoms. The molecule has 2 rings (SSSR count). The van der Waals surface area contributed by atoms with Crippen LogP contribution in [0.2, 0.25) is 0 Å². The third-order valence-corrected chi connectivity index (χ3v) is 4.11. The molecule has 0 aliphatic heterocycles. The maximum absolute atomic E-state index is 10.1. The molecule has 0 radical (unpaired) electrons. The predicted molar refractivity (Wildman–Crippen MR) is 93.9 cm³/mol. The van der Waals surface area contributed by atoms with Crippen molar-refractivity contribution in [2.24, 2.45) is 4.99 Å². The van der Waals surface area contributed by atoms with Gasteiger partial charge in [0.05, 0.1) is 7.11 Å². The number of nitrogens with zero attached hydrogens (tertiary/aromatic N) is 1. The molecular formula is C15H16Cl2NO2PTi. The van der Waals surface area contributed by atoms with Crippen molar-refractivity contribution in [1.82, 2.24) is 0 Å². The number of aromatic hydroxyl groups is 1. The van der Waals surface area contributed by atoms with Crippen molar-refractivity contribution in [3.05, 3.63) is 48.0 Å². The van der Waals surface area contributed by atoms with E-state index in [0.29, 0.717) is 14.3 Å². The molecule has 0 saturated carbocycles. The minimum atomic E-state index is -0.556. The molecule has 1 N–H and O–H groups in total. The van der Waals surface area contributed by atoms with Gasteiger partial charge >= 0.3 is 35.6 Å². The SMILES string of the molecule is CN=Cc1ccccc1Pc1cccc(OC)c1O.[Cl][Ti][Cl]. The molecule has 1 atom stereocenters. The van der Waals surface area contributed by atoms with Crippen LogP contribution in [-0.4, -0.2) is 25.5 Å². The summed E-state index contributed by atoms with van der Waals surface area (Å²) in [5, 5.41) is 12.1. The van der Waals surface area contributed by atoms with Crippen molar-refractivity contribution in [2.75, 3.05) is 14.2 Å². The van der Waals surface area contributed by atoms with Crippen molar-refractivity contribution in [3.63, 3.8) is 0 Å². The molecule has 7 heteroatoms. The van der Waals surface area contributed by atoms with E-state index in [9.17, 15) is 5.11 Å². The zero-order valence-electron chi connectivity index (χ0n) is 12.2. The van der Waals surface area contributed by atoms with Crippen LogP contribution in [0.5, 0.6) is 11.5 Å². The van der Waals surface area contributed by atoms with Gasteiger partial charge in [-0.2, -0.15) is 0 Å². The normalized spacial score (nSPS) is 10.5. The predicted octanol–water partition coefficient (Wildman–Crippen LogP) is 3.46. The van der Waals surface area contributed by atoms with Crippen molar-refractivity contribution < 1.29 is 26.9 Å². The van der Waals surface area contributed by atoms with Gasteiger partial charge in [0.15, 0.2) is 11.5 Å². The van der Waals surface area contributed by atoms with Gasteiger partial charge in [-0.05, 0) is 16.9 Å². The molecule has 3 nitrogen and oxygen atoms in total. The number of hydrogen-bond acceptors (Lipinski definition) is 3. The Hall–Kier alpha value is -0.566. The van der Waals surface area contributed by atoms with Crippen LogP contribution in [-0.2, 0) is 17.0 Å². The number of ether oxygens (including phenoxy) is 1. The van der Waals surface area contributed by atoms with Crippen LogP contribution in [0.4, 0.5) is 0 Å². The quantitative estimate of drug-likeness (QED) is 0.492. The zero-order chi connectivity index (χ0) is 16.4. The summed E-state index contributed by atoms with van der Waals surface area (Å²) in [6.45, 7) is 0. The third-order valence-electron chi connectivity index (χ3n) is 2.72. The fraction of sp³-hybridized carbons (Fsp3) is 0.133. The number of methoxy groups -OCH3 is 1. The van der Waals surface area contributed by atoms with E-state index >= 15 is 0 Å². The van der Waals surface area contributed by atoms with E-state index in [2.05, 4.69) is 4.99 Å². The van der Waals surface area contributed by atoms with E-state index in [1.165, 1.54) is 0 Å². The molecule has 2 aromatic rings. The van der Waals surface area contributed by atoms with Gasteiger partial charge in [0, 0.05) is 18.6 Å². The van der Waals surface area contributed by atoms with Gasteiger partial charge in [0.25, 0.3) is 0 Å². The van der Waals surface area contributed by atoms with Gasteiger partial charge in [-0.3, -0.25) is 4.99 Å². The molecule has 0 heterocycles. The average molecular weight is 392 g/mol. The number of para-hydroxylation sites is 1. The number of phenols is 1. The summed E-state index contributed by atoms with van der Waals surface area (Å²) >= 11 is -0.556. The van der Waals surface area contributed by atoms with Gasteiger partial charge in [0.1, 0.15) is 0 Å². The fourth-order valence-corrected chi connectivity index (χ4v) is 2.98. The average Bonchev–Trinajstić information content (AvgIpc) is 2.52. The first-order chi connectivity index (χ1) is 10.7. The van der Waals surface area contributed by atoms with E-state index in [-0.39, 0.29) is 5.75 Å². The van der Waals surface area contributed by atoms with Crippen molar-refractivity contribution in [2.45, 2.75) is 0 Å². The number of hydrogen-bond donors (Lipinski definition) is 1. The molecular weight excluding hydrogens is 376 g/mol. The molecule has 116 valence electrons. The summed E-state index contributed by atoms with van der Waals surface area (Å²) in [6.07, 6.45) is 1.83. The van der Waals surface area contributed by atoms with Crippen LogP contribution in [0.25, 0.3) is 0 Å². The maximum atomic E-state index is 10.1. The topological polar surface area (TPSA) is 41.8 Å². The van der Waals surface area contributed by atoms with Crippen LogP contribution in [0, 0.1) is 0 Å². The monoisotopic (exact) mass is 391 g/mol. The molecule has 2 aromatic carbocycles. The van der Waals surface area contributed by atoms with Gasteiger partial charge < -0.3 is 9.84 Å². The molecule has 0 spiro atoms. The van der Waals surface area contributed by atoms with Crippen LogP contribution in [0.15, 0.2) is 47.5 Å². The summed E-state index contributed by atoms with van der Waals surface area (Å²) < 4.78 is 5.13. The molecule has 0 aromatic heterocycles. The summed E-state index contributed by atoms with van der Waals surface area (Å²) in [4.78, 5) is 4.06. The number of aliphatic imine (C=N–C) groups is 1. The zero-order valence-corrected chi connectivity index (χ0v) is 16.3. The Bertz CT molecular complexity index is 626. The Balaban J connectivity index is 0.000000745. The molecule has 0 bridgehead atoms. The number of benzene rings is 2. The molecule has 0 aliphatic rings. The summed E-state index contributed by atoms with van der Waals surface area (Å²) in [5.41, 5.74) is 1.07. The molecule has 1 unspecified atom stereocenters. The second-order valence-corrected chi connectivity index (χ2v) is 7.93. The van der Waals surface area contributed by atoms with Gasteiger partial charge in [-0.25, -0.2) is 0 Å². The Kier molecular flexibility index (Phi) is 9.78. The number of phenolic OH excluding ortho intramolecular Hbond substituents is 1. The Morgan fingerprint density at radius 1 is 1.14 bits per heavy atom. The second kappa shape index (κ2) is 11.0. The first kappa shape index (κ1) is 19.5. The van der Waals surface area contributed by atoms with Crippen molar-refractivity contribution >= 4 is 44.0 Å². The van der Waals surface area contributed by atoms with Gasteiger partial charge in [-0.1, -0.05) is 45.0 Å². The Morgan fingerprint density at radius 2 is 1.77 bits per heavy atom. The Morgan fingerprint density at radius 3 is 2.41 bits per heavy atom. The number of halogens is 2. The summed E-state index contributed by atoms with van der Waals surface area (Å²) in [7, 11) is 13.4. The van der Waals surface area contributed by atoms with E-state index in [1.807, 2.05) is 42.6 Å². The van der Waals surface area contributed by atoms with Crippen molar-refractivity contribution in [3.8, 4) is 11.5 Å². The van der Waals surface area contributed by atoms with Crippen LogP contribution < -0.4 is 15.3 Å². The van der Waals surface area contributed by atoms with Crippen LogP contribution in [0.3, 0.4) is 0 Å². The second-order valence-electron chi connectivity index (χ2n) is 4.03. The van der Waals surface area contributed by atoms with Gasteiger partial charge in [-0.15, -0.1) is 0 Å². The summed E-state index contributed by atoms with van der Waals surface area (Å²) in [6, 6.07) is 13.6. The molecule has 0 aliphatic carbocycles. The minimum absolute atomic E-state index is 0.214. The van der Waals surface area contributed by atoms with Crippen LogP contribution in [0.1, 0.15) is 5.56 Å². The van der Waals surface area contributed by atoms with Crippen LogP contribution >= 0.6 is 27.2 Å². The van der Waals surface area contributed by atoms with E-state index in [4.69, 9.17) is 23.3 Å². The number of rotatable bonds is 4. The van der Waals surface area contributed by atoms with Gasteiger partial charge in [0.2, 0.25) is 0 Å². The first-order valence-electron chi connectivity index (χ1n) is 6.28. The molecule has 0 amide bonds. The summed E-state index contributed by atoms with van der Waals surface area (Å²) in [5.74, 6) is 0.721. The fourth-order valence-electron chi connectivity index (χ4n) is 1.80. The molecule has 0 fully saturated rings. The first-order valence-corrected chi connectivity index (χ1v) is 11.6. The van der Waals surface area contributed by atoms with E-state index in [0.717, 1.165) is 16.2 Å². The Labute approximate surface area is 149 Å². The molecule has 0 saturated heterocycles. The van der Waals surface area contributed by atoms with E-state index in [1.54, 1.807) is 20.2 Å². The van der Waals surface area contributed by atoms with E-state index < -0.39 is 17.0 Å².